The van der Waals surface area contributed by atoms with E-state index in [4.69, 9.17) is 21.1 Å². The second kappa shape index (κ2) is 5.94. The number of fused-ring (bicyclic) bond motifs is 1. The first kappa shape index (κ1) is 13.6. The number of hydrogen-bond acceptors (Lipinski definition) is 3. The highest BCUT2D eigenvalue weighted by molar-refractivity contribution is 9.10. The predicted octanol–water partition coefficient (Wildman–Crippen LogP) is 4.49. The molecule has 2 aromatic rings. The molecule has 1 aliphatic rings. The Morgan fingerprint density at radius 1 is 1.10 bits per heavy atom. The lowest BCUT2D eigenvalue weighted by atomic mass is 10.2. The fourth-order valence-electron chi connectivity index (χ4n) is 2.04. The third kappa shape index (κ3) is 3.02. The molecular weight excluding hydrogens is 342 g/mol. The maximum absolute atomic E-state index is 5.98. The Labute approximate surface area is 131 Å². The van der Waals surface area contributed by atoms with E-state index in [1.807, 2.05) is 36.4 Å². The van der Waals surface area contributed by atoms with E-state index in [1.165, 1.54) is 0 Å². The van der Waals surface area contributed by atoms with Crippen LogP contribution in [0.3, 0.4) is 0 Å². The van der Waals surface area contributed by atoms with Gasteiger partial charge in [-0.3, -0.25) is 0 Å². The minimum Gasteiger partial charge on any atom is -0.486 e. The Bertz CT molecular complexity index is 633. The van der Waals surface area contributed by atoms with Crippen molar-refractivity contribution in [3.05, 3.63) is 51.5 Å². The fourth-order valence-corrected chi connectivity index (χ4v) is 2.72. The summed E-state index contributed by atoms with van der Waals surface area (Å²) >= 11 is 9.52. The fraction of sp³-hybridized carbons (Fsp3) is 0.200. The maximum atomic E-state index is 5.98. The number of halogens is 2. The van der Waals surface area contributed by atoms with Crippen LogP contribution in [-0.2, 0) is 6.54 Å². The smallest absolute Gasteiger partial charge is 0.163 e. The molecule has 3 nitrogen and oxygen atoms in total. The lowest BCUT2D eigenvalue weighted by Crippen LogP contribution is -2.15. The zero-order chi connectivity index (χ0) is 13.9. The second-order valence-electron chi connectivity index (χ2n) is 4.46. The van der Waals surface area contributed by atoms with Crippen LogP contribution >= 0.6 is 27.5 Å². The molecule has 3 rings (SSSR count). The monoisotopic (exact) mass is 353 g/mol. The van der Waals surface area contributed by atoms with Gasteiger partial charge in [0, 0.05) is 28.2 Å². The van der Waals surface area contributed by atoms with Crippen molar-refractivity contribution in [1.82, 2.24) is 0 Å². The second-order valence-corrected chi connectivity index (χ2v) is 5.75. The van der Waals surface area contributed by atoms with E-state index < -0.39 is 0 Å². The van der Waals surface area contributed by atoms with Crippen LogP contribution in [0, 0.1) is 0 Å². The molecule has 0 unspecified atom stereocenters. The van der Waals surface area contributed by atoms with Crippen LogP contribution in [0.5, 0.6) is 11.5 Å². The first-order valence-electron chi connectivity index (χ1n) is 6.30. The number of nitrogens with one attached hydrogen (secondary N) is 1. The predicted molar refractivity (Wildman–Crippen MR) is 83.9 cm³/mol. The van der Waals surface area contributed by atoms with Crippen LogP contribution < -0.4 is 14.8 Å². The summed E-state index contributed by atoms with van der Waals surface area (Å²) in [5.74, 6) is 1.55. The third-order valence-electron chi connectivity index (χ3n) is 3.00. The Balaban J connectivity index is 1.77. The van der Waals surface area contributed by atoms with E-state index in [0.29, 0.717) is 19.8 Å². The molecule has 20 heavy (non-hydrogen) atoms. The van der Waals surface area contributed by atoms with Gasteiger partial charge in [-0.25, -0.2) is 0 Å². The van der Waals surface area contributed by atoms with Gasteiger partial charge in [-0.15, -0.1) is 0 Å². The first-order valence-corrected chi connectivity index (χ1v) is 7.47. The number of ether oxygens (including phenoxy) is 2. The van der Waals surface area contributed by atoms with Gasteiger partial charge in [0.05, 0.1) is 5.69 Å². The van der Waals surface area contributed by atoms with Crippen LogP contribution in [0.15, 0.2) is 40.9 Å². The molecule has 0 saturated heterocycles. The van der Waals surface area contributed by atoms with Crippen molar-refractivity contribution in [3.63, 3.8) is 0 Å². The van der Waals surface area contributed by atoms with E-state index in [1.54, 1.807) is 0 Å². The minimum atomic E-state index is 0.586. The van der Waals surface area contributed by atoms with Gasteiger partial charge >= 0.3 is 0 Å². The van der Waals surface area contributed by atoms with E-state index in [2.05, 4.69) is 21.2 Å². The summed E-state index contributed by atoms with van der Waals surface area (Å²) < 4.78 is 12.1. The first-order chi connectivity index (χ1) is 9.72. The van der Waals surface area contributed by atoms with Gasteiger partial charge in [0.2, 0.25) is 0 Å². The average molecular weight is 355 g/mol. The molecule has 0 fully saturated rings. The molecule has 0 bridgehead atoms. The van der Waals surface area contributed by atoms with E-state index in [9.17, 15) is 0 Å². The molecule has 5 heteroatoms. The summed E-state index contributed by atoms with van der Waals surface area (Å²) in [6.07, 6.45) is 0. The summed E-state index contributed by atoms with van der Waals surface area (Å²) in [6, 6.07) is 11.7. The van der Waals surface area contributed by atoms with Crippen molar-refractivity contribution in [2.24, 2.45) is 0 Å². The number of rotatable bonds is 3. The molecular formula is C15H13BrClNO2. The Morgan fingerprint density at radius 3 is 2.60 bits per heavy atom. The van der Waals surface area contributed by atoms with Gasteiger partial charge in [0.25, 0.3) is 0 Å². The Morgan fingerprint density at radius 2 is 1.85 bits per heavy atom. The van der Waals surface area contributed by atoms with Crippen LogP contribution in [0.2, 0.25) is 5.02 Å². The molecule has 0 radical (unpaired) electrons. The van der Waals surface area contributed by atoms with E-state index >= 15 is 0 Å². The van der Waals surface area contributed by atoms with Gasteiger partial charge in [0.1, 0.15) is 13.2 Å². The van der Waals surface area contributed by atoms with Gasteiger partial charge < -0.3 is 14.8 Å². The molecule has 0 spiro atoms. The SMILES string of the molecule is Clc1cccc(CNc2cc3c(cc2Br)OCCO3)c1. The van der Waals surface area contributed by atoms with Crippen LogP contribution in [0.4, 0.5) is 5.69 Å². The lowest BCUT2D eigenvalue weighted by Gasteiger charge is -2.20. The normalized spacial score (nSPS) is 13.1. The van der Waals surface area contributed by atoms with Gasteiger partial charge in [-0.05, 0) is 33.6 Å². The van der Waals surface area contributed by atoms with Crippen LogP contribution in [0.25, 0.3) is 0 Å². The lowest BCUT2D eigenvalue weighted by molar-refractivity contribution is 0.171. The largest absolute Gasteiger partial charge is 0.486 e. The standard InChI is InChI=1S/C15H13BrClNO2/c16-12-7-14-15(20-5-4-19-14)8-13(12)18-9-10-2-1-3-11(17)6-10/h1-3,6-8,18H,4-5,9H2. The van der Waals surface area contributed by atoms with Gasteiger partial charge in [0.15, 0.2) is 11.5 Å². The highest BCUT2D eigenvalue weighted by Gasteiger charge is 2.14. The van der Waals surface area contributed by atoms with Crippen LogP contribution in [0.1, 0.15) is 5.56 Å². The number of hydrogen-bond donors (Lipinski definition) is 1. The minimum absolute atomic E-state index is 0.586. The zero-order valence-corrected chi connectivity index (χ0v) is 13.0. The zero-order valence-electron chi connectivity index (χ0n) is 10.7. The molecule has 0 saturated carbocycles. The summed E-state index contributed by atoms with van der Waals surface area (Å²) in [5, 5.41) is 4.11. The molecule has 0 amide bonds. The summed E-state index contributed by atoms with van der Waals surface area (Å²) in [6.45, 7) is 1.87. The summed E-state index contributed by atoms with van der Waals surface area (Å²) in [4.78, 5) is 0. The summed E-state index contributed by atoms with van der Waals surface area (Å²) in [5.41, 5.74) is 2.09. The van der Waals surface area contributed by atoms with Crippen molar-refractivity contribution in [2.45, 2.75) is 6.54 Å². The Kier molecular flexibility index (Phi) is 4.03. The Hall–Kier alpha value is -1.39. The molecule has 2 aromatic carbocycles. The molecule has 0 atom stereocenters. The quantitative estimate of drug-likeness (QED) is 0.881. The number of anilines is 1. The highest BCUT2D eigenvalue weighted by Crippen LogP contribution is 2.38. The number of benzene rings is 2. The third-order valence-corrected chi connectivity index (χ3v) is 3.90. The average Bonchev–Trinajstić information content (AvgIpc) is 2.45. The van der Waals surface area contributed by atoms with Crippen molar-refractivity contribution < 1.29 is 9.47 Å². The molecule has 104 valence electrons. The van der Waals surface area contributed by atoms with Gasteiger partial charge in [-0.1, -0.05) is 23.7 Å². The highest BCUT2D eigenvalue weighted by atomic mass is 79.9. The summed E-state index contributed by atoms with van der Waals surface area (Å²) in [7, 11) is 0. The molecule has 0 aromatic heterocycles. The molecule has 1 N–H and O–H groups in total. The van der Waals surface area contributed by atoms with Crippen molar-refractivity contribution in [1.29, 1.82) is 0 Å². The molecule has 1 heterocycles. The van der Waals surface area contributed by atoms with E-state index in [0.717, 1.165) is 32.2 Å². The van der Waals surface area contributed by atoms with Crippen molar-refractivity contribution >= 4 is 33.2 Å². The van der Waals surface area contributed by atoms with Crippen molar-refractivity contribution in [3.8, 4) is 11.5 Å². The topological polar surface area (TPSA) is 30.5 Å². The van der Waals surface area contributed by atoms with E-state index in [-0.39, 0.29) is 0 Å². The van der Waals surface area contributed by atoms with Gasteiger partial charge in [-0.2, -0.15) is 0 Å². The van der Waals surface area contributed by atoms with Crippen LogP contribution in [-0.4, -0.2) is 13.2 Å². The molecule has 1 aliphatic heterocycles. The maximum Gasteiger partial charge on any atom is 0.163 e. The molecule has 0 aliphatic carbocycles. The van der Waals surface area contributed by atoms with Crippen molar-refractivity contribution in [2.75, 3.05) is 18.5 Å².